The predicted molar refractivity (Wildman–Crippen MR) is 121 cm³/mol. The van der Waals surface area contributed by atoms with E-state index in [-0.39, 0.29) is 11.3 Å². The number of rotatable bonds is 6. The maximum absolute atomic E-state index is 12.8. The number of carbonyl (C=O) groups excluding carboxylic acids is 1. The fourth-order valence-corrected chi connectivity index (χ4v) is 4.46. The Labute approximate surface area is 189 Å². The Hall–Kier alpha value is -2.15. The van der Waals surface area contributed by atoms with Crippen LogP contribution in [0.15, 0.2) is 65.4 Å². The van der Waals surface area contributed by atoms with E-state index in [1.54, 1.807) is 17.1 Å². The summed E-state index contributed by atoms with van der Waals surface area (Å²) in [6.07, 6.45) is 5.10. The second-order valence-electron chi connectivity index (χ2n) is 7.60. The zero-order valence-electron chi connectivity index (χ0n) is 16.5. The van der Waals surface area contributed by atoms with Crippen molar-refractivity contribution < 1.29 is 9.53 Å². The molecule has 1 amide bonds. The first-order chi connectivity index (χ1) is 14.6. The molecule has 2 aromatic carbocycles. The molecule has 1 saturated heterocycles. The second-order valence-corrected chi connectivity index (χ2v) is 8.93. The first-order valence-corrected chi connectivity index (χ1v) is 11.1. The topological polar surface area (TPSA) is 56.1 Å². The first kappa shape index (κ1) is 21.1. The Kier molecular flexibility index (Phi) is 6.56. The smallest absolute Gasteiger partial charge is 0.254 e. The monoisotopic (exact) mass is 487 g/mol. The normalized spacial score (nSPS) is 15.7. The lowest BCUT2D eigenvalue weighted by atomic mass is 9.74. The lowest BCUT2D eigenvalue weighted by Crippen LogP contribution is -2.44. The Morgan fingerprint density at radius 2 is 2.00 bits per heavy atom. The molecule has 0 aliphatic carbocycles. The third-order valence-corrected chi connectivity index (χ3v) is 6.52. The first-order valence-electron chi connectivity index (χ1n) is 9.94. The van der Waals surface area contributed by atoms with Gasteiger partial charge in [0.25, 0.3) is 5.91 Å². The number of aromatic nitrogens is 2. The summed E-state index contributed by atoms with van der Waals surface area (Å²) in [5.74, 6) is -0.124. The molecule has 7 heteroatoms. The highest BCUT2D eigenvalue weighted by atomic mass is 79.9. The van der Waals surface area contributed by atoms with Gasteiger partial charge >= 0.3 is 0 Å². The SMILES string of the molecule is O=C(NCC1(c2cccc(Br)c2)CCOCC1)c1cnn(Cc2ccccc2Cl)c1. The molecule has 0 spiro atoms. The molecule has 5 nitrogen and oxygen atoms in total. The summed E-state index contributed by atoms with van der Waals surface area (Å²) in [4.78, 5) is 12.8. The lowest BCUT2D eigenvalue weighted by Gasteiger charge is -2.38. The van der Waals surface area contributed by atoms with Crippen LogP contribution < -0.4 is 5.32 Å². The van der Waals surface area contributed by atoms with Crippen LogP contribution in [0.25, 0.3) is 0 Å². The van der Waals surface area contributed by atoms with Gasteiger partial charge in [0.05, 0.1) is 18.3 Å². The van der Waals surface area contributed by atoms with Crippen molar-refractivity contribution in [2.75, 3.05) is 19.8 Å². The van der Waals surface area contributed by atoms with Crippen molar-refractivity contribution in [1.29, 1.82) is 0 Å². The van der Waals surface area contributed by atoms with Gasteiger partial charge in [-0.2, -0.15) is 5.10 Å². The minimum atomic E-state index is -0.134. The summed E-state index contributed by atoms with van der Waals surface area (Å²) in [6, 6.07) is 16.0. The summed E-state index contributed by atoms with van der Waals surface area (Å²) in [7, 11) is 0. The van der Waals surface area contributed by atoms with Crippen LogP contribution in [0, 0.1) is 0 Å². The molecule has 1 N–H and O–H groups in total. The number of benzene rings is 2. The van der Waals surface area contributed by atoms with Crippen molar-refractivity contribution >= 4 is 33.4 Å². The molecule has 0 atom stereocenters. The quantitative estimate of drug-likeness (QED) is 0.541. The van der Waals surface area contributed by atoms with Gasteiger partial charge in [-0.3, -0.25) is 9.48 Å². The standard InChI is InChI=1S/C23H23BrClN3O2/c24-20-6-3-5-19(12-20)23(8-10-30-11-9-23)16-26-22(29)18-13-27-28(15-18)14-17-4-1-2-7-21(17)25/h1-7,12-13,15H,8-11,14,16H2,(H,26,29). The molecule has 3 aromatic rings. The van der Waals surface area contributed by atoms with Gasteiger partial charge in [0, 0.05) is 40.9 Å². The van der Waals surface area contributed by atoms with Crippen molar-refractivity contribution in [2.24, 2.45) is 0 Å². The van der Waals surface area contributed by atoms with E-state index in [9.17, 15) is 4.79 Å². The largest absolute Gasteiger partial charge is 0.381 e. The molecule has 2 heterocycles. The Bertz CT molecular complexity index is 1030. The summed E-state index contributed by atoms with van der Waals surface area (Å²) < 4.78 is 8.36. The van der Waals surface area contributed by atoms with E-state index in [1.165, 1.54) is 5.56 Å². The van der Waals surface area contributed by atoms with Gasteiger partial charge in [-0.1, -0.05) is 57.9 Å². The summed E-state index contributed by atoms with van der Waals surface area (Å²) >= 11 is 9.80. The highest BCUT2D eigenvalue weighted by molar-refractivity contribution is 9.10. The van der Waals surface area contributed by atoms with Gasteiger partial charge in [-0.15, -0.1) is 0 Å². The van der Waals surface area contributed by atoms with Gasteiger partial charge in [-0.25, -0.2) is 0 Å². The fourth-order valence-electron chi connectivity index (χ4n) is 3.87. The third kappa shape index (κ3) is 4.77. The minimum absolute atomic E-state index is 0.124. The Morgan fingerprint density at radius 1 is 1.20 bits per heavy atom. The van der Waals surface area contributed by atoms with Gasteiger partial charge in [-0.05, 0) is 42.2 Å². The molecule has 0 unspecified atom stereocenters. The molecular formula is C23H23BrClN3O2. The zero-order valence-corrected chi connectivity index (χ0v) is 18.8. The molecule has 1 fully saturated rings. The van der Waals surface area contributed by atoms with Crippen LogP contribution in [0.3, 0.4) is 0 Å². The van der Waals surface area contributed by atoms with Crippen LogP contribution in [0.1, 0.15) is 34.3 Å². The maximum Gasteiger partial charge on any atom is 0.254 e. The van der Waals surface area contributed by atoms with Gasteiger partial charge in [0.1, 0.15) is 0 Å². The summed E-state index contributed by atoms with van der Waals surface area (Å²) in [5.41, 5.74) is 2.59. The van der Waals surface area contributed by atoms with Crippen LogP contribution >= 0.6 is 27.5 Å². The zero-order chi connectivity index (χ0) is 21.0. The summed E-state index contributed by atoms with van der Waals surface area (Å²) in [5, 5.41) is 8.14. The van der Waals surface area contributed by atoms with E-state index >= 15 is 0 Å². The van der Waals surface area contributed by atoms with E-state index in [4.69, 9.17) is 16.3 Å². The van der Waals surface area contributed by atoms with Crippen molar-refractivity contribution in [3.8, 4) is 0 Å². The summed E-state index contributed by atoms with van der Waals surface area (Å²) in [6.45, 7) is 2.46. The highest BCUT2D eigenvalue weighted by Gasteiger charge is 2.35. The van der Waals surface area contributed by atoms with Crippen LogP contribution in [-0.2, 0) is 16.7 Å². The fraction of sp³-hybridized carbons (Fsp3) is 0.304. The lowest BCUT2D eigenvalue weighted by molar-refractivity contribution is 0.0487. The van der Waals surface area contributed by atoms with E-state index < -0.39 is 0 Å². The molecular weight excluding hydrogens is 466 g/mol. The van der Waals surface area contributed by atoms with Crippen LogP contribution in [0.2, 0.25) is 5.02 Å². The van der Waals surface area contributed by atoms with Crippen LogP contribution in [0.5, 0.6) is 0 Å². The Balaban J connectivity index is 1.45. The Morgan fingerprint density at radius 3 is 2.77 bits per heavy atom. The number of hydrogen-bond donors (Lipinski definition) is 1. The van der Waals surface area contributed by atoms with Gasteiger partial charge in [0.15, 0.2) is 0 Å². The van der Waals surface area contributed by atoms with Gasteiger partial charge in [0.2, 0.25) is 0 Å². The molecule has 1 aliphatic heterocycles. The maximum atomic E-state index is 12.8. The number of carbonyl (C=O) groups is 1. The van der Waals surface area contributed by atoms with Crippen molar-refractivity contribution in [2.45, 2.75) is 24.8 Å². The molecule has 4 rings (SSSR count). The van der Waals surface area contributed by atoms with E-state index in [1.807, 2.05) is 36.4 Å². The van der Waals surface area contributed by atoms with E-state index in [2.05, 4.69) is 38.5 Å². The molecule has 30 heavy (non-hydrogen) atoms. The van der Waals surface area contributed by atoms with Crippen molar-refractivity contribution in [1.82, 2.24) is 15.1 Å². The highest BCUT2D eigenvalue weighted by Crippen LogP contribution is 2.35. The molecule has 1 aliphatic rings. The number of nitrogens with one attached hydrogen (secondary N) is 1. The number of nitrogens with zero attached hydrogens (tertiary/aromatic N) is 2. The van der Waals surface area contributed by atoms with Gasteiger partial charge < -0.3 is 10.1 Å². The average molecular weight is 489 g/mol. The van der Waals surface area contributed by atoms with E-state index in [0.29, 0.717) is 36.9 Å². The van der Waals surface area contributed by atoms with Crippen LogP contribution in [0.4, 0.5) is 0 Å². The molecule has 0 saturated carbocycles. The van der Waals surface area contributed by atoms with Crippen molar-refractivity contribution in [3.63, 3.8) is 0 Å². The van der Waals surface area contributed by atoms with Crippen molar-refractivity contribution in [3.05, 3.63) is 87.1 Å². The number of ether oxygens (including phenoxy) is 1. The number of hydrogen-bond acceptors (Lipinski definition) is 3. The second kappa shape index (κ2) is 9.33. The third-order valence-electron chi connectivity index (χ3n) is 5.66. The molecule has 0 bridgehead atoms. The van der Waals surface area contributed by atoms with E-state index in [0.717, 1.165) is 22.9 Å². The number of halogens is 2. The predicted octanol–water partition coefficient (Wildman–Crippen LogP) is 4.83. The molecule has 1 aromatic heterocycles. The number of amides is 1. The molecule has 0 radical (unpaired) electrons. The minimum Gasteiger partial charge on any atom is -0.381 e. The molecule has 156 valence electrons. The van der Waals surface area contributed by atoms with Crippen LogP contribution in [-0.4, -0.2) is 35.4 Å². The average Bonchev–Trinajstić information content (AvgIpc) is 3.23.